The number of likely N-dealkylation sites (N-methyl/N-ethyl adjacent to an activating group) is 1. The lowest BCUT2D eigenvalue weighted by Gasteiger charge is -2.35. The number of nitrogens with zero attached hydrogens (tertiary/aromatic N) is 1. The fraction of sp³-hybridized carbons (Fsp3) is 0.500. The lowest BCUT2D eigenvalue weighted by molar-refractivity contribution is 0.171. The van der Waals surface area contributed by atoms with E-state index >= 15 is 0 Å². The maximum absolute atomic E-state index is 12.6. The number of methoxy groups -OCH3 is 1. The monoisotopic (exact) mass is 345 g/mol. The number of hydrogen-bond donors (Lipinski definition) is 2. The largest absolute Gasteiger partial charge is 0.492 e. The van der Waals surface area contributed by atoms with E-state index in [4.69, 9.17) is 14.2 Å². The van der Waals surface area contributed by atoms with Crippen LogP contribution in [0.5, 0.6) is 17.2 Å². The van der Waals surface area contributed by atoms with Gasteiger partial charge in [-0.3, -0.25) is 14.8 Å². The molecule has 2 aliphatic rings. The van der Waals surface area contributed by atoms with Gasteiger partial charge in [0.1, 0.15) is 0 Å². The van der Waals surface area contributed by atoms with Crippen molar-refractivity contribution in [2.24, 2.45) is 0 Å². The topological polar surface area (TPSA) is 79.6 Å². The Labute approximate surface area is 145 Å². The molecular weight excluding hydrogens is 322 g/mol. The van der Waals surface area contributed by atoms with Gasteiger partial charge < -0.3 is 19.3 Å². The first-order chi connectivity index (χ1) is 12.2. The van der Waals surface area contributed by atoms with Gasteiger partial charge in [0, 0.05) is 17.8 Å². The maximum atomic E-state index is 12.6. The molecule has 0 spiro atoms. The highest BCUT2D eigenvalue weighted by Gasteiger charge is 2.37. The van der Waals surface area contributed by atoms with Crippen LogP contribution in [0.15, 0.2) is 10.9 Å². The highest BCUT2D eigenvalue weighted by Crippen LogP contribution is 2.50. The highest BCUT2D eigenvalue weighted by molar-refractivity contribution is 5.63. The van der Waals surface area contributed by atoms with Crippen LogP contribution in [0.4, 0.5) is 0 Å². The van der Waals surface area contributed by atoms with Crippen LogP contribution in [-0.4, -0.2) is 42.6 Å². The molecule has 4 rings (SSSR count). The molecule has 2 aliphatic heterocycles. The molecule has 0 bridgehead atoms. The fourth-order valence-electron chi connectivity index (χ4n) is 3.94. The average Bonchev–Trinajstić information content (AvgIpc) is 3.21. The number of aryl methyl sites for hydroxylation is 1. The first kappa shape index (κ1) is 16.1. The molecule has 0 fully saturated rings. The second kappa shape index (κ2) is 6.15. The molecular formula is C18H23N3O4. The zero-order valence-electron chi connectivity index (χ0n) is 14.8. The van der Waals surface area contributed by atoms with Crippen LogP contribution in [0.1, 0.15) is 41.8 Å². The smallest absolute Gasteiger partial charge is 0.269 e. The van der Waals surface area contributed by atoms with Crippen molar-refractivity contribution in [3.05, 3.63) is 38.8 Å². The van der Waals surface area contributed by atoms with Gasteiger partial charge >= 0.3 is 0 Å². The standard InChI is InChI=1S/C18H23N3O4/c1-4-5-11-14(18(22)20-19-11)15-13-10(6-7-21(15)2)8-12-16(17(13)23-3)25-9-24-12/h8,15H,4-7,9H2,1-3H3,(H2,19,20,22)/t15-/m0/s1. The molecule has 0 aliphatic carbocycles. The molecule has 3 heterocycles. The molecule has 0 saturated carbocycles. The number of benzene rings is 1. The highest BCUT2D eigenvalue weighted by atomic mass is 16.7. The predicted octanol–water partition coefficient (Wildman–Crippen LogP) is 1.97. The van der Waals surface area contributed by atoms with Crippen molar-refractivity contribution in [2.45, 2.75) is 32.2 Å². The van der Waals surface area contributed by atoms with Crippen molar-refractivity contribution in [2.75, 3.05) is 27.5 Å². The first-order valence-corrected chi connectivity index (χ1v) is 8.64. The van der Waals surface area contributed by atoms with Crippen molar-refractivity contribution in [3.63, 3.8) is 0 Å². The summed E-state index contributed by atoms with van der Waals surface area (Å²) in [5.41, 5.74) is 3.79. The molecule has 7 nitrogen and oxygen atoms in total. The molecule has 1 atom stereocenters. The van der Waals surface area contributed by atoms with E-state index in [1.165, 1.54) is 0 Å². The molecule has 25 heavy (non-hydrogen) atoms. The van der Waals surface area contributed by atoms with E-state index in [0.717, 1.165) is 53.9 Å². The number of rotatable bonds is 4. The predicted molar refractivity (Wildman–Crippen MR) is 92.7 cm³/mol. The van der Waals surface area contributed by atoms with E-state index in [9.17, 15) is 4.79 Å². The maximum Gasteiger partial charge on any atom is 0.269 e. The summed E-state index contributed by atoms with van der Waals surface area (Å²) in [7, 11) is 3.68. The molecule has 0 amide bonds. The van der Waals surface area contributed by atoms with Crippen molar-refractivity contribution in [1.82, 2.24) is 15.1 Å². The van der Waals surface area contributed by atoms with Crippen molar-refractivity contribution >= 4 is 0 Å². The lowest BCUT2D eigenvalue weighted by Crippen LogP contribution is -2.36. The van der Waals surface area contributed by atoms with E-state index in [1.54, 1.807) is 7.11 Å². The van der Waals surface area contributed by atoms with Crippen molar-refractivity contribution in [3.8, 4) is 17.2 Å². The number of fused-ring (bicyclic) bond motifs is 2. The zero-order valence-corrected chi connectivity index (χ0v) is 14.8. The summed E-state index contributed by atoms with van der Waals surface area (Å²) in [5.74, 6) is 2.02. The Bertz CT molecular complexity index is 855. The summed E-state index contributed by atoms with van der Waals surface area (Å²) in [6.07, 6.45) is 2.66. The van der Waals surface area contributed by atoms with Gasteiger partial charge in [-0.2, -0.15) is 0 Å². The number of nitrogens with one attached hydrogen (secondary N) is 2. The molecule has 0 radical (unpaired) electrons. The van der Waals surface area contributed by atoms with Gasteiger partial charge in [-0.25, -0.2) is 0 Å². The summed E-state index contributed by atoms with van der Waals surface area (Å²) >= 11 is 0. The Kier molecular flexibility index (Phi) is 3.95. The molecule has 2 aromatic rings. The zero-order chi connectivity index (χ0) is 17.6. The minimum absolute atomic E-state index is 0.0760. The van der Waals surface area contributed by atoms with Gasteiger partial charge in [-0.1, -0.05) is 13.3 Å². The number of aromatic amines is 2. The SMILES string of the molecule is CCCc1[nH][nH]c(=O)c1[C@@H]1c2c(cc3c(c2OC)OCO3)CCN1C. The summed E-state index contributed by atoms with van der Waals surface area (Å²) < 4.78 is 16.9. The Balaban J connectivity index is 1.95. The quantitative estimate of drug-likeness (QED) is 0.886. The Morgan fingerprint density at radius 1 is 1.32 bits per heavy atom. The lowest BCUT2D eigenvalue weighted by atomic mass is 9.86. The summed E-state index contributed by atoms with van der Waals surface area (Å²) in [6.45, 7) is 3.16. The number of H-pyrrole nitrogens is 2. The number of hydrogen-bond acceptors (Lipinski definition) is 5. The third kappa shape index (κ3) is 2.41. The van der Waals surface area contributed by atoms with Crippen LogP contribution < -0.4 is 19.8 Å². The summed E-state index contributed by atoms with van der Waals surface area (Å²) in [5, 5.41) is 5.81. The molecule has 134 valence electrons. The Morgan fingerprint density at radius 3 is 2.92 bits per heavy atom. The minimum atomic E-state index is -0.176. The van der Waals surface area contributed by atoms with Gasteiger partial charge in [0.05, 0.1) is 18.7 Å². The van der Waals surface area contributed by atoms with E-state index in [-0.39, 0.29) is 18.4 Å². The first-order valence-electron chi connectivity index (χ1n) is 8.64. The van der Waals surface area contributed by atoms with Gasteiger partial charge in [0.25, 0.3) is 5.56 Å². The van der Waals surface area contributed by atoms with Crippen LogP contribution in [0.25, 0.3) is 0 Å². The third-order valence-electron chi connectivity index (χ3n) is 5.07. The molecule has 0 unspecified atom stereocenters. The normalized spacial score (nSPS) is 19.1. The Morgan fingerprint density at radius 2 is 2.16 bits per heavy atom. The third-order valence-corrected chi connectivity index (χ3v) is 5.07. The van der Waals surface area contributed by atoms with E-state index < -0.39 is 0 Å². The fourth-order valence-corrected chi connectivity index (χ4v) is 3.94. The summed E-state index contributed by atoms with van der Waals surface area (Å²) in [4.78, 5) is 14.8. The second-order valence-electron chi connectivity index (χ2n) is 6.57. The number of ether oxygens (including phenoxy) is 3. The van der Waals surface area contributed by atoms with E-state index in [1.807, 2.05) is 13.1 Å². The molecule has 0 saturated heterocycles. The van der Waals surface area contributed by atoms with Crippen molar-refractivity contribution in [1.29, 1.82) is 0 Å². The molecule has 7 heteroatoms. The van der Waals surface area contributed by atoms with Crippen LogP contribution in [0, 0.1) is 0 Å². The number of aromatic nitrogens is 2. The van der Waals surface area contributed by atoms with E-state index in [2.05, 4.69) is 22.0 Å². The minimum Gasteiger partial charge on any atom is -0.492 e. The van der Waals surface area contributed by atoms with Crippen LogP contribution >= 0.6 is 0 Å². The Hall–Kier alpha value is -2.41. The molecule has 2 N–H and O–H groups in total. The second-order valence-corrected chi connectivity index (χ2v) is 6.57. The van der Waals surface area contributed by atoms with Gasteiger partial charge in [-0.05, 0) is 31.5 Å². The van der Waals surface area contributed by atoms with Crippen LogP contribution in [0.2, 0.25) is 0 Å². The van der Waals surface area contributed by atoms with Gasteiger partial charge in [0.2, 0.25) is 12.5 Å². The molecule has 1 aromatic heterocycles. The van der Waals surface area contributed by atoms with Gasteiger partial charge in [0.15, 0.2) is 11.5 Å². The van der Waals surface area contributed by atoms with Gasteiger partial charge in [-0.15, -0.1) is 0 Å². The van der Waals surface area contributed by atoms with Crippen LogP contribution in [0.3, 0.4) is 0 Å². The van der Waals surface area contributed by atoms with Crippen LogP contribution in [-0.2, 0) is 12.8 Å². The van der Waals surface area contributed by atoms with E-state index in [0.29, 0.717) is 11.5 Å². The summed E-state index contributed by atoms with van der Waals surface area (Å²) in [6, 6.07) is 1.85. The average molecular weight is 345 g/mol. The van der Waals surface area contributed by atoms with Crippen molar-refractivity contribution < 1.29 is 14.2 Å². The molecule has 1 aromatic carbocycles.